The number of ether oxygens (including phenoxy) is 2. The van der Waals surface area contributed by atoms with E-state index in [0.717, 1.165) is 51.4 Å². The van der Waals surface area contributed by atoms with Crippen LogP contribution in [0.5, 0.6) is 0 Å². The molecule has 0 heterocycles. The molecule has 0 aromatic carbocycles. The van der Waals surface area contributed by atoms with E-state index in [9.17, 15) is 19.0 Å². The highest BCUT2D eigenvalue weighted by Gasteiger charge is 2.27. The van der Waals surface area contributed by atoms with Gasteiger partial charge in [-0.2, -0.15) is 0 Å². The molecular weight excluding hydrogens is 665 g/mol. The highest BCUT2D eigenvalue weighted by atomic mass is 31.2. The van der Waals surface area contributed by atoms with Crippen molar-refractivity contribution in [1.82, 2.24) is 0 Å². The van der Waals surface area contributed by atoms with Crippen LogP contribution in [0.1, 0.15) is 174 Å². The molecule has 2 atom stereocenters. The van der Waals surface area contributed by atoms with Crippen molar-refractivity contribution in [2.75, 3.05) is 47.5 Å². The predicted octanol–water partition coefficient (Wildman–Crippen LogP) is 11.2. The number of carbonyl (C=O) groups is 2. The Morgan fingerprint density at radius 3 is 1.59 bits per heavy atom. The number of rotatable bonds is 37. The molecule has 0 amide bonds. The predicted molar refractivity (Wildman–Crippen MR) is 211 cm³/mol. The summed E-state index contributed by atoms with van der Waals surface area (Å²) in [5.41, 5.74) is 0. The van der Waals surface area contributed by atoms with Crippen LogP contribution in [0, 0.1) is 0 Å². The molecule has 300 valence electrons. The molecule has 0 fully saturated rings. The molecule has 0 aromatic heterocycles. The summed E-state index contributed by atoms with van der Waals surface area (Å²) in [6, 6.07) is 0. The Bertz CT molecular complexity index is 933. The third-order valence-corrected chi connectivity index (χ3v) is 9.72. The maximum atomic E-state index is 12.6. The van der Waals surface area contributed by atoms with Crippen LogP contribution in [-0.2, 0) is 32.7 Å². The molecule has 1 unspecified atom stereocenters. The molecule has 9 nitrogen and oxygen atoms in total. The molecule has 0 radical (unpaired) electrons. The number of carbonyl (C=O) groups excluding carboxylic acids is 2. The molecule has 0 saturated carbocycles. The fourth-order valence-corrected chi connectivity index (χ4v) is 6.20. The van der Waals surface area contributed by atoms with Gasteiger partial charge in [-0.25, -0.2) is 4.57 Å². The molecule has 51 heavy (non-hydrogen) atoms. The van der Waals surface area contributed by atoms with Crippen molar-refractivity contribution in [3.05, 3.63) is 24.3 Å². The van der Waals surface area contributed by atoms with Crippen molar-refractivity contribution in [2.45, 2.75) is 180 Å². The van der Waals surface area contributed by atoms with Gasteiger partial charge in [0.15, 0.2) is 6.10 Å². The Balaban J connectivity index is 4.38. The zero-order valence-corrected chi connectivity index (χ0v) is 34.5. The number of hydrogen-bond donors (Lipinski definition) is 1. The van der Waals surface area contributed by atoms with Crippen molar-refractivity contribution in [1.29, 1.82) is 0 Å². The number of hydrogen-bond acceptors (Lipinski definition) is 7. The lowest BCUT2D eigenvalue weighted by molar-refractivity contribution is -0.870. The maximum absolute atomic E-state index is 12.6. The van der Waals surface area contributed by atoms with Gasteiger partial charge in [-0.15, -0.1) is 0 Å². The van der Waals surface area contributed by atoms with E-state index in [1.54, 1.807) is 0 Å². The summed E-state index contributed by atoms with van der Waals surface area (Å²) in [5, 5.41) is 0. The Kier molecular flexibility index (Phi) is 33.3. The summed E-state index contributed by atoms with van der Waals surface area (Å²) in [6.45, 7) is 4.37. The minimum absolute atomic E-state index is 0.0315. The number of phosphoric acid groups is 1. The van der Waals surface area contributed by atoms with E-state index < -0.39 is 26.5 Å². The van der Waals surface area contributed by atoms with Gasteiger partial charge in [0.2, 0.25) is 0 Å². The molecule has 0 aliphatic rings. The first kappa shape index (κ1) is 49.5. The maximum Gasteiger partial charge on any atom is 0.472 e. The van der Waals surface area contributed by atoms with E-state index in [1.807, 2.05) is 21.1 Å². The zero-order chi connectivity index (χ0) is 37.9. The number of quaternary nitrogens is 1. The van der Waals surface area contributed by atoms with Gasteiger partial charge in [-0.3, -0.25) is 18.6 Å². The fourth-order valence-electron chi connectivity index (χ4n) is 5.45. The van der Waals surface area contributed by atoms with Crippen molar-refractivity contribution in [2.24, 2.45) is 0 Å². The Morgan fingerprint density at radius 2 is 1.06 bits per heavy atom. The van der Waals surface area contributed by atoms with Crippen molar-refractivity contribution >= 4 is 19.8 Å². The molecule has 10 heteroatoms. The van der Waals surface area contributed by atoms with Crippen LogP contribution in [0.3, 0.4) is 0 Å². The fraction of sp³-hybridized carbons (Fsp3) is 0.854. The average molecular weight is 745 g/mol. The number of unbranched alkanes of at least 4 members (excludes halogenated alkanes) is 19. The van der Waals surface area contributed by atoms with E-state index in [2.05, 4.69) is 38.2 Å². The molecule has 0 spiro atoms. The molecular formula is C41H79NO8P+. The van der Waals surface area contributed by atoms with Gasteiger partial charge in [0.25, 0.3) is 0 Å². The van der Waals surface area contributed by atoms with Crippen LogP contribution in [0.25, 0.3) is 0 Å². The van der Waals surface area contributed by atoms with Gasteiger partial charge in [0.05, 0.1) is 27.7 Å². The van der Waals surface area contributed by atoms with Gasteiger partial charge < -0.3 is 18.9 Å². The second kappa shape index (κ2) is 34.3. The van der Waals surface area contributed by atoms with E-state index in [-0.39, 0.29) is 32.0 Å². The first-order valence-corrected chi connectivity index (χ1v) is 22.1. The molecule has 0 saturated heterocycles. The van der Waals surface area contributed by atoms with Gasteiger partial charge in [-0.1, -0.05) is 141 Å². The third kappa shape index (κ3) is 38.0. The number of allylic oxidation sites excluding steroid dienone is 4. The van der Waals surface area contributed by atoms with Crippen LogP contribution in [0.2, 0.25) is 0 Å². The molecule has 1 N–H and O–H groups in total. The van der Waals surface area contributed by atoms with Crippen LogP contribution in [0.15, 0.2) is 24.3 Å². The minimum Gasteiger partial charge on any atom is -0.462 e. The molecule has 0 rings (SSSR count). The lowest BCUT2D eigenvalue weighted by atomic mass is 10.1. The van der Waals surface area contributed by atoms with Gasteiger partial charge >= 0.3 is 19.8 Å². The normalized spacial score (nSPS) is 13.9. The van der Waals surface area contributed by atoms with Crippen LogP contribution in [0.4, 0.5) is 0 Å². The Morgan fingerprint density at radius 1 is 0.608 bits per heavy atom. The largest absolute Gasteiger partial charge is 0.472 e. The van der Waals surface area contributed by atoms with Crippen molar-refractivity contribution in [3.63, 3.8) is 0 Å². The lowest BCUT2D eigenvalue weighted by Crippen LogP contribution is -2.37. The summed E-state index contributed by atoms with van der Waals surface area (Å²) in [6.07, 6.45) is 35.0. The molecule has 0 bridgehead atoms. The SMILES string of the molecule is CCCCC/C=C/C/C=C/CCCCCCCCCC(=O)O[C@H](COC(=O)CCCCCCCCCCCC)COP(=O)(O)OCC[N+](C)(C)C. The van der Waals surface area contributed by atoms with Crippen LogP contribution in [-0.4, -0.2) is 74.9 Å². The number of likely N-dealkylation sites (N-methyl/N-ethyl adjacent to an activating group) is 1. The van der Waals surface area contributed by atoms with E-state index in [1.165, 1.54) is 89.9 Å². The van der Waals surface area contributed by atoms with Gasteiger partial charge in [0, 0.05) is 12.8 Å². The van der Waals surface area contributed by atoms with Crippen LogP contribution >= 0.6 is 7.82 Å². The summed E-state index contributed by atoms with van der Waals surface area (Å²) >= 11 is 0. The first-order valence-electron chi connectivity index (χ1n) is 20.6. The second-order valence-electron chi connectivity index (χ2n) is 15.0. The van der Waals surface area contributed by atoms with E-state index in [0.29, 0.717) is 17.4 Å². The van der Waals surface area contributed by atoms with Crippen molar-refractivity contribution in [3.8, 4) is 0 Å². The summed E-state index contributed by atoms with van der Waals surface area (Å²) in [4.78, 5) is 35.2. The molecule has 0 aliphatic carbocycles. The third-order valence-electron chi connectivity index (χ3n) is 8.73. The van der Waals surface area contributed by atoms with Crippen molar-refractivity contribution < 1.29 is 42.1 Å². The first-order chi connectivity index (χ1) is 24.5. The number of esters is 2. The molecule has 0 aliphatic heterocycles. The van der Waals surface area contributed by atoms with Gasteiger partial charge in [-0.05, 0) is 44.9 Å². The zero-order valence-electron chi connectivity index (χ0n) is 33.6. The monoisotopic (exact) mass is 745 g/mol. The topological polar surface area (TPSA) is 108 Å². The quantitative estimate of drug-likeness (QED) is 0.0220. The minimum atomic E-state index is -4.37. The average Bonchev–Trinajstić information content (AvgIpc) is 3.07. The lowest BCUT2D eigenvalue weighted by Gasteiger charge is -2.24. The van der Waals surface area contributed by atoms with E-state index >= 15 is 0 Å². The van der Waals surface area contributed by atoms with Gasteiger partial charge in [0.1, 0.15) is 19.8 Å². The summed E-state index contributed by atoms with van der Waals surface area (Å²) in [7, 11) is 1.47. The molecule has 0 aromatic rings. The van der Waals surface area contributed by atoms with Crippen LogP contribution < -0.4 is 0 Å². The van der Waals surface area contributed by atoms with E-state index in [4.69, 9.17) is 18.5 Å². The Hall–Kier alpha value is -1.51. The summed E-state index contributed by atoms with van der Waals surface area (Å²) < 4.78 is 34.2. The second-order valence-corrected chi connectivity index (χ2v) is 16.5. The number of nitrogens with zero attached hydrogens (tertiary/aromatic N) is 1. The number of phosphoric ester groups is 1. The standard InChI is InChI=1S/C41H78NO8P/c1-6-8-10-12-14-16-18-19-20-21-22-23-24-26-28-30-32-34-41(44)50-39(38-49-51(45,46)48-36-35-42(3,4)5)37-47-40(43)33-31-29-27-25-17-15-13-11-9-7-2/h14,16,19-20,39H,6-13,15,17-18,21-38H2,1-5H3/p+1/b16-14+,20-19+/t39-/m1/s1. The summed E-state index contributed by atoms with van der Waals surface area (Å²) in [5.74, 6) is -0.806. The smallest absolute Gasteiger partial charge is 0.462 e. The Labute approximate surface area is 313 Å². The highest BCUT2D eigenvalue weighted by Crippen LogP contribution is 2.43. The highest BCUT2D eigenvalue weighted by molar-refractivity contribution is 7.47.